The zero-order valence-electron chi connectivity index (χ0n) is 7.38. The van der Waals surface area contributed by atoms with Crippen molar-refractivity contribution < 1.29 is 9.53 Å². The van der Waals surface area contributed by atoms with E-state index in [4.69, 9.17) is 5.53 Å². The van der Waals surface area contributed by atoms with E-state index in [-0.39, 0.29) is 5.70 Å². The van der Waals surface area contributed by atoms with E-state index in [2.05, 4.69) is 14.8 Å². The molecule has 0 fully saturated rings. The summed E-state index contributed by atoms with van der Waals surface area (Å²) in [5, 5.41) is 5.10. The van der Waals surface area contributed by atoms with E-state index in [1.165, 1.54) is 24.5 Å². The summed E-state index contributed by atoms with van der Waals surface area (Å²) in [6, 6.07) is 3.64. The normalized spacial score (nSPS) is 10.5. The van der Waals surface area contributed by atoms with Crippen LogP contribution in [0.15, 0.2) is 28.3 Å². The average Bonchev–Trinajstić information content (AvgIpc) is 2.68. The van der Waals surface area contributed by atoms with Crippen LogP contribution in [-0.2, 0) is 9.53 Å². The number of carbonyl (C=O) groups is 1. The molecule has 5 nitrogen and oxygen atoms in total. The van der Waals surface area contributed by atoms with E-state index >= 15 is 0 Å². The Balaban J connectivity index is 2.99. The van der Waals surface area contributed by atoms with E-state index in [9.17, 15) is 4.79 Å². The number of esters is 1. The summed E-state index contributed by atoms with van der Waals surface area (Å²) in [4.78, 5) is 14.5. The first-order valence-corrected chi connectivity index (χ1v) is 4.54. The van der Waals surface area contributed by atoms with Gasteiger partial charge in [-0.25, -0.2) is 4.79 Å². The van der Waals surface area contributed by atoms with Crippen molar-refractivity contribution in [3.8, 4) is 0 Å². The Morgan fingerprint density at radius 1 is 1.79 bits per heavy atom. The van der Waals surface area contributed by atoms with E-state index in [0.717, 1.165) is 4.88 Å². The Kier molecular flexibility index (Phi) is 3.72. The number of thiophene rings is 1. The van der Waals surface area contributed by atoms with Crippen LogP contribution < -0.4 is 0 Å². The predicted octanol–water partition coefficient (Wildman–Crippen LogP) is 2.57. The number of carbonyl (C=O) groups excluding carboxylic acids is 1. The fraction of sp³-hybridized carbons (Fsp3) is 0.125. The zero-order valence-corrected chi connectivity index (χ0v) is 8.19. The molecular weight excluding hydrogens is 202 g/mol. The van der Waals surface area contributed by atoms with Gasteiger partial charge in [0.05, 0.1) is 7.11 Å². The number of rotatable bonds is 3. The molecule has 72 valence electrons. The summed E-state index contributed by atoms with van der Waals surface area (Å²) < 4.78 is 4.45. The van der Waals surface area contributed by atoms with Crippen LogP contribution in [0.2, 0.25) is 0 Å². The van der Waals surface area contributed by atoms with Crippen LogP contribution in [0.4, 0.5) is 0 Å². The molecule has 0 spiro atoms. The molecule has 0 N–H and O–H groups in total. The van der Waals surface area contributed by atoms with Crippen LogP contribution in [0.1, 0.15) is 4.88 Å². The fourth-order valence-electron chi connectivity index (χ4n) is 0.790. The molecule has 14 heavy (non-hydrogen) atoms. The summed E-state index contributed by atoms with van der Waals surface area (Å²) in [6.07, 6.45) is 1.48. The third-order valence-corrected chi connectivity index (χ3v) is 2.19. The maximum absolute atomic E-state index is 11.1. The van der Waals surface area contributed by atoms with Gasteiger partial charge in [0, 0.05) is 9.79 Å². The van der Waals surface area contributed by atoms with E-state index in [1.54, 1.807) is 6.07 Å². The van der Waals surface area contributed by atoms with Crippen molar-refractivity contribution in [1.29, 1.82) is 0 Å². The lowest BCUT2D eigenvalue weighted by Gasteiger charge is -1.96. The Labute approximate surface area is 84.3 Å². The lowest BCUT2D eigenvalue weighted by Crippen LogP contribution is -2.01. The minimum Gasteiger partial charge on any atom is -0.466 e. The third-order valence-electron chi connectivity index (χ3n) is 1.37. The largest absolute Gasteiger partial charge is 0.466 e. The Morgan fingerprint density at radius 3 is 3.07 bits per heavy atom. The van der Waals surface area contributed by atoms with Crippen molar-refractivity contribution >= 4 is 23.4 Å². The maximum atomic E-state index is 11.1. The highest BCUT2D eigenvalue weighted by Crippen LogP contribution is 2.14. The van der Waals surface area contributed by atoms with Crippen LogP contribution in [0, 0.1) is 0 Å². The summed E-state index contributed by atoms with van der Waals surface area (Å²) in [5.41, 5.74) is 8.18. The molecule has 0 aliphatic rings. The Bertz CT molecular complexity index is 391. The Hall–Kier alpha value is -1.78. The van der Waals surface area contributed by atoms with Crippen LogP contribution in [0.5, 0.6) is 0 Å². The minimum absolute atomic E-state index is 0.0440. The zero-order chi connectivity index (χ0) is 10.4. The van der Waals surface area contributed by atoms with Crippen molar-refractivity contribution in [1.82, 2.24) is 0 Å². The quantitative estimate of drug-likeness (QED) is 0.252. The molecule has 1 aromatic rings. The van der Waals surface area contributed by atoms with Gasteiger partial charge in [0.1, 0.15) is 5.70 Å². The first kappa shape index (κ1) is 10.3. The van der Waals surface area contributed by atoms with Crippen LogP contribution in [-0.4, -0.2) is 13.1 Å². The molecule has 0 aliphatic carbocycles. The molecule has 1 heterocycles. The molecule has 0 atom stereocenters. The van der Waals surface area contributed by atoms with Gasteiger partial charge in [-0.1, -0.05) is 11.2 Å². The van der Waals surface area contributed by atoms with Crippen LogP contribution in [0.3, 0.4) is 0 Å². The predicted molar refractivity (Wildman–Crippen MR) is 53.5 cm³/mol. The van der Waals surface area contributed by atoms with Gasteiger partial charge >= 0.3 is 5.97 Å². The number of azide groups is 1. The molecule has 0 amide bonds. The first-order chi connectivity index (χ1) is 6.77. The number of ether oxygens (including phenoxy) is 1. The second-order valence-electron chi connectivity index (χ2n) is 2.23. The monoisotopic (exact) mass is 209 g/mol. The van der Waals surface area contributed by atoms with Crippen molar-refractivity contribution in [2.45, 2.75) is 0 Å². The maximum Gasteiger partial charge on any atom is 0.340 e. The van der Waals surface area contributed by atoms with E-state index in [1.807, 2.05) is 11.4 Å². The third kappa shape index (κ3) is 2.62. The average molecular weight is 209 g/mol. The lowest BCUT2D eigenvalue weighted by molar-refractivity contribution is -0.136. The molecular formula is C8H7N3O2S. The van der Waals surface area contributed by atoms with Gasteiger partial charge in [-0.2, -0.15) is 0 Å². The molecule has 0 aromatic carbocycles. The molecule has 0 saturated heterocycles. The van der Waals surface area contributed by atoms with Gasteiger partial charge < -0.3 is 4.74 Å². The smallest absolute Gasteiger partial charge is 0.340 e. The van der Waals surface area contributed by atoms with Crippen molar-refractivity contribution in [3.63, 3.8) is 0 Å². The summed E-state index contributed by atoms with van der Waals surface area (Å²) in [7, 11) is 1.23. The minimum atomic E-state index is -0.642. The number of hydrogen-bond acceptors (Lipinski definition) is 4. The second-order valence-corrected chi connectivity index (χ2v) is 3.21. The van der Waals surface area contributed by atoms with Gasteiger partial charge in [0.15, 0.2) is 0 Å². The standard InChI is InChI=1S/C8H7N3O2S/c1-13-8(12)7(10-11-9)5-6-3-2-4-14-6/h2-5H,1H3/b7-5+. The lowest BCUT2D eigenvalue weighted by atomic mass is 10.3. The van der Waals surface area contributed by atoms with Gasteiger partial charge in [-0.3, -0.25) is 0 Å². The second kappa shape index (κ2) is 5.06. The molecule has 0 aliphatic heterocycles. The Morgan fingerprint density at radius 2 is 2.57 bits per heavy atom. The van der Waals surface area contributed by atoms with Gasteiger partial charge in [0.2, 0.25) is 0 Å². The SMILES string of the molecule is COC(=O)/C(=C\c1cccs1)N=[N+]=[N-]. The molecule has 0 unspecified atom stereocenters. The highest BCUT2D eigenvalue weighted by molar-refractivity contribution is 7.10. The molecule has 6 heteroatoms. The van der Waals surface area contributed by atoms with Crippen LogP contribution >= 0.6 is 11.3 Å². The molecule has 0 bridgehead atoms. The number of nitrogens with zero attached hydrogens (tertiary/aromatic N) is 3. The molecule has 1 aromatic heterocycles. The summed E-state index contributed by atoms with van der Waals surface area (Å²) in [6.45, 7) is 0. The van der Waals surface area contributed by atoms with Gasteiger partial charge in [0.25, 0.3) is 0 Å². The van der Waals surface area contributed by atoms with Crippen molar-refractivity contribution in [2.75, 3.05) is 7.11 Å². The van der Waals surface area contributed by atoms with E-state index in [0.29, 0.717) is 0 Å². The van der Waals surface area contributed by atoms with E-state index < -0.39 is 5.97 Å². The van der Waals surface area contributed by atoms with Crippen LogP contribution in [0.25, 0.3) is 16.5 Å². The highest BCUT2D eigenvalue weighted by Gasteiger charge is 2.06. The van der Waals surface area contributed by atoms with Crippen molar-refractivity contribution in [3.05, 3.63) is 38.5 Å². The van der Waals surface area contributed by atoms with Crippen molar-refractivity contribution in [2.24, 2.45) is 5.11 Å². The topological polar surface area (TPSA) is 75.1 Å². The number of methoxy groups -OCH3 is 1. The molecule has 1 rings (SSSR count). The first-order valence-electron chi connectivity index (χ1n) is 3.66. The fourth-order valence-corrected chi connectivity index (χ4v) is 1.44. The van der Waals surface area contributed by atoms with Gasteiger partial charge in [-0.15, -0.1) is 11.3 Å². The number of hydrogen-bond donors (Lipinski definition) is 0. The highest BCUT2D eigenvalue weighted by atomic mass is 32.1. The summed E-state index contributed by atoms with van der Waals surface area (Å²) in [5.74, 6) is -0.642. The molecule has 0 saturated carbocycles. The van der Waals surface area contributed by atoms with Gasteiger partial charge in [-0.05, 0) is 23.1 Å². The summed E-state index contributed by atoms with van der Waals surface area (Å²) >= 11 is 1.44. The molecule has 0 radical (unpaired) electrons.